The zero-order valence-corrected chi connectivity index (χ0v) is 20.2. The standard InChI is InChI=1S/C23H20F3N3O4S2/c1-15-7-9-17(10-8-15)35(31,32)29-20-6-4-3-5-18(20)28-22(29)34(30)13-19-16(2)21(11-12-27-19)33-23(25,26)14-24/h3-12H,13-14H2,1-2H3. The molecule has 2 aromatic heterocycles. The van der Waals surface area contributed by atoms with Crippen molar-refractivity contribution in [3.63, 3.8) is 0 Å². The average Bonchev–Trinajstić information content (AvgIpc) is 3.22. The van der Waals surface area contributed by atoms with E-state index in [1.54, 1.807) is 36.4 Å². The fourth-order valence-corrected chi connectivity index (χ4v) is 6.41. The van der Waals surface area contributed by atoms with Crippen molar-refractivity contribution in [3.05, 3.63) is 77.6 Å². The third-order valence-electron chi connectivity index (χ3n) is 5.19. The molecule has 4 aromatic rings. The lowest BCUT2D eigenvalue weighted by Gasteiger charge is -2.17. The first kappa shape index (κ1) is 24.9. The highest BCUT2D eigenvalue weighted by atomic mass is 32.2. The lowest BCUT2D eigenvalue weighted by atomic mass is 10.2. The Morgan fingerprint density at radius 3 is 2.43 bits per heavy atom. The molecule has 4 rings (SSSR count). The van der Waals surface area contributed by atoms with Crippen LogP contribution in [-0.2, 0) is 26.6 Å². The van der Waals surface area contributed by atoms with E-state index in [0.29, 0.717) is 5.52 Å². The van der Waals surface area contributed by atoms with E-state index in [2.05, 4.69) is 14.7 Å². The maximum absolute atomic E-state index is 13.5. The van der Waals surface area contributed by atoms with E-state index in [0.717, 1.165) is 21.8 Å². The number of ether oxygens (including phenoxy) is 1. The molecule has 7 nitrogen and oxygen atoms in total. The number of alkyl halides is 3. The highest BCUT2D eigenvalue weighted by Crippen LogP contribution is 2.29. The van der Waals surface area contributed by atoms with Crippen LogP contribution in [0.3, 0.4) is 0 Å². The van der Waals surface area contributed by atoms with Gasteiger partial charge < -0.3 is 4.74 Å². The molecule has 1 atom stereocenters. The maximum Gasteiger partial charge on any atom is 0.427 e. The molecule has 0 spiro atoms. The second kappa shape index (κ2) is 9.42. The van der Waals surface area contributed by atoms with Gasteiger partial charge in [-0.1, -0.05) is 29.8 Å². The zero-order chi connectivity index (χ0) is 25.4. The van der Waals surface area contributed by atoms with Crippen molar-refractivity contribution in [1.29, 1.82) is 0 Å². The number of aromatic nitrogens is 3. The van der Waals surface area contributed by atoms with E-state index < -0.39 is 33.6 Å². The molecule has 35 heavy (non-hydrogen) atoms. The second-order valence-corrected chi connectivity index (χ2v) is 10.8. The molecule has 2 heterocycles. The fraction of sp³-hybridized carbons (Fsp3) is 0.217. The molecule has 0 N–H and O–H groups in total. The van der Waals surface area contributed by atoms with Gasteiger partial charge in [0.15, 0.2) is 6.67 Å². The van der Waals surface area contributed by atoms with Gasteiger partial charge in [0, 0.05) is 11.8 Å². The maximum atomic E-state index is 13.5. The summed E-state index contributed by atoms with van der Waals surface area (Å²) in [4.78, 5) is 8.36. The molecular formula is C23H20F3N3O4S2. The van der Waals surface area contributed by atoms with Crippen molar-refractivity contribution in [3.8, 4) is 5.75 Å². The first-order chi connectivity index (χ1) is 16.5. The van der Waals surface area contributed by atoms with E-state index >= 15 is 0 Å². The van der Waals surface area contributed by atoms with Gasteiger partial charge in [-0.15, -0.1) is 0 Å². The number of hydrogen-bond acceptors (Lipinski definition) is 6. The Balaban J connectivity index is 1.78. The first-order valence-electron chi connectivity index (χ1n) is 10.3. The van der Waals surface area contributed by atoms with Crippen molar-refractivity contribution in [2.24, 2.45) is 0 Å². The highest BCUT2D eigenvalue weighted by molar-refractivity contribution is 7.91. The first-order valence-corrected chi connectivity index (χ1v) is 13.0. The lowest BCUT2D eigenvalue weighted by Crippen LogP contribution is -2.27. The van der Waals surface area contributed by atoms with E-state index in [-0.39, 0.29) is 38.3 Å². The fourth-order valence-electron chi connectivity index (χ4n) is 3.37. The third-order valence-corrected chi connectivity index (χ3v) is 8.25. The Bertz CT molecular complexity index is 1520. The predicted molar refractivity (Wildman–Crippen MR) is 124 cm³/mol. The summed E-state index contributed by atoms with van der Waals surface area (Å²) in [6.07, 6.45) is -2.87. The number of rotatable bonds is 8. The molecule has 0 fully saturated rings. The summed E-state index contributed by atoms with van der Waals surface area (Å²) in [6.45, 7) is 1.21. The number of fused-ring (bicyclic) bond motifs is 1. The van der Waals surface area contributed by atoms with E-state index in [9.17, 15) is 25.8 Å². The van der Waals surface area contributed by atoms with Crippen molar-refractivity contribution in [2.75, 3.05) is 6.67 Å². The summed E-state index contributed by atoms with van der Waals surface area (Å²) < 4.78 is 85.2. The number of para-hydroxylation sites is 2. The number of benzene rings is 2. The Morgan fingerprint density at radius 1 is 1.06 bits per heavy atom. The minimum Gasteiger partial charge on any atom is -0.430 e. The largest absolute Gasteiger partial charge is 0.430 e. The molecule has 0 aliphatic rings. The minimum atomic E-state index is -4.18. The van der Waals surface area contributed by atoms with Gasteiger partial charge in [-0.25, -0.2) is 21.8 Å². The normalized spacial score (nSPS) is 13.2. The van der Waals surface area contributed by atoms with Crippen LogP contribution in [0.25, 0.3) is 11.0 Å². The summed E-state index contributed by atoms with van der Waals surface area (Å²) in [5.74, 6) is -0.660. The van der Waals surface area contributed by atoms with E-state index in [1.807, 2.05) is 6.92 Å². The molecule has 0 aliphatic carbocycles. The van der Waals surface area contributed by atoms with Crippen molar-refractivity contribution in [2.45, 2.75) is 35.8 Å². The van der Waals surface area contributed by atoms with Crippen LogP contribution in [0.15, 0.2) is 70.8 Å². The number of nitrogens with zero attached hydrogens (tertiary/aromatic N) is 3. The van der Waals surface area contributed by atoms with Crippen molar-refractivity contribution in [1.82, 2.24) is 13.9 Å². The quantitative estimate of drug-likeness (QED) is 0.337. The van der Waals surface area contributed by atoms with Gasteiger partial charge in [0.25, 0.3) is 10.0 Å². The summed E-state index contributed by atoms with van der Waals surface area (Å²) in [6, 6.07) is 13.8. The SMILES string of the molecule is Cc1ccc(S(=O)(=O)n2c(S(=O)Cc3nccc(OC(F)(F)CF)c3C)nc3ccccc32)cc1. The average molecular weight is 524 g/mol. The highest BCUT2D eigenvalue weighted by Gasteiger charge is 2.33. The topological polar surface area (TPSA) is 91.2 Å². The Hall–Kier alpha value is -3.25. The van der Waals surface area contributed by atoms with Crippen LogP contribution in [0.4, 0.5) is 13.2 Å². The predicted octanol–water partition coefficient (Wildman–Crippen LogP) is 4.53. The Labute approximate surface area is 202 Å². The van der Waals surface area contributed by atoms with Gasteiger partial charge in [-0.3, -0.25) is 9.19 Å². The molecule has 0 bridgehead atoms. The second-order valence-electron chi connectivity index (χ2n) is 7.71. The minimum absolute atomic E-state index is 0.0114. The number of hydrogen-bond donors (Lipinski definition) is 0. The van der Waals surface area contributed by atoms with Crippen LogP contribution in [0.1, 0.15) is 16.8 Å². The van der Waals surface area contributed by atoms with E-state index in [1.165, 1.54) is 19.1 Å². The monoisotopic (exact) mass is 523 g/mol. The van der Waals surface area contributed by atoms with Gasteiger partial charge in [0.2, 0.25) is 5.16 Å². The van der Waals surface area contributed by atoms with Crippen LogP contribution in [0, 0.1) is 13.8 Å². The molecule has 1 unspecified atom stereocenters. The van der Waals surface area contributed by atoms with Crippen molar-refractivity contribution >= 4 is 31.9 Å². The van der Waals surface area contributed by atoms with E-state index in [4.69, 9.17) is 0 Å². The van der Waals surface area contributed by atoms with Crippen LogP contribution >= 0.6 is 0 Å². The number of imidazole rings is 1. The summed E-state index contributed by atoms with van der Waals surface area (Å²) >= 11 is 0. The van der Waals surface area contributed by atoms with Gasteiger partial charge in [-0.05, 0) is 44.2 Å². The lowest BCUT2D eigenvalue weighted by molar-refractivity contribution is -0.186. The number of halogens is 3. The van der Waals surface area contributed by atoms with Crippen LogP contribution < -0.4 is 4.74 Å². The molecule has 0 saturated carbocycles. The number of pyridine rings is 1. The van der Waals surface area contributed by atoms with Gasteiger partial charge in [0.1, 0.15) is 5.75 Å². The third kappa shape index (κ3) is 4.94. The molecule has 12 heteroatoms. The van der Waals surface area contributed by atoms with Crippen LogP contribution in [-0.4, -0.2) is 39.4 Å². The summed E-state index contributed by atoms with van der Waals surface area (Å²) in [5, 5.41) is -0.242. The molecule has 184 valence electrons. The van der Waals surface area contributed by atoms with Gasteiger partial charge in [-0.2, -0.15) is 8.78 Å². The Morgan fingerprint density at radius 2 is 1.74 bits per heavy atom. The Kier molecular flexibility index (Phi) is 6.69. The molecular weight excluding hydrogens is 503 g/mol. The summed E-state index contributed by atoms with van der Waals surface area (Å²) in [7, 11) is -6.23. The number of aryl methyl sites for hydroxylation is 1. The van der Waals surface area contributed by atoms with Crippen LogP contribution in [0.2, 0.25) is 0 Å². The zero-order valence-electron chi connectivity index (χ0n) is 18.6. The molecule has 0 saturated heterocycles. The van der Waals surface area contributed by atoms with Crippen LogP contribution in [0.5, 0.6) is 5.75 Å². The summed E-state index contributed by atoms with van der Waals surface area (Å²) in [5.41, 5.74) is 1.65. The molecule has 0 aliphatic heterocycles. The molecule has 0 radical (unpaired) electrons. The van der Waals surface area contributed by atoms with Crippen molar-refractivity contribution < 1.29 is 30.5 Å². The smallest absolute Gasteiger partial charge is 0.427 e. The molecule has 0 amide bonds. The van der Waals surface area contributed by atoms with Gasteiger partial charge >= 0.3 is 6.11 Å². The van der Waals surface area contributed by atoms with Gasteiger partial charge in [0.05, 0.1) is 38.2 Å². The molecule has 2 aromatic carbocycles.